The van der Waals surface area contributed by atoms with Gasteiger partial charge in [-0.25, -0.2) is 13.2 Å². The molecule has 0 saturated heterocycles. The summed E-state index contributed by atoms with van der Waals surface area (Å²) in [5, 5.41) is 0.140. The van der Waals surface area contributed by atoms with E-state index in [1.165, 1.54) is 43.4 Å². The molecule has 0 N–H and O–H groups in total. The molecule has 1 unspecified atom stereocenters. The molecule has 4 rings (SSSR count). The fourth-order valence-electron chi connectivity index (χ4n) is 4.04. The third kappa shape index (κ3) is 3.77. The normalized spacial score (nSPS) is 15.3. The quantitative estimate of drug-likeness (QED) is 0.510. The second-order valence-corrected chi connectivity index (χ2v) is 7.73. The summed E-state index contributed by atoms with van der Waals surface area (Å²) in [6, 6.07) is 9.76. The van der Waals surface area contributed by atoms with Gasteiger partial charge in [0.15, 0.2) is 23.1 Å². The molecule has 3 aromatic carbocycles. The van der Waals surface area contributed by atoms with Gasteiger partial charge in [-0.1, -0.05) is 17.7 Å². The molecule has 8 heteroatoms. The monoisotopic (exact) mass is 461 g/mol. The van der Waals surface area contributed by atoms with E-state index in [0.29, 0.717) is 23.5 Å². The van der Waals surface area contributed by atoms with Crippen LogP contribution in [0, 0.1) is 17.5 Å². The number of hydrogen-bond acceptors (Lipinski definition) is 3. The number of benzene rings is 3. The summed E-state index contributed by atoms with van der Waals surface area (Å²) in [5.41, 5.74) is 1.50. The zero-order chi connectivity index (χ0) is 23.0. The van der Waals surface area contributed by atoms with Crippen LogP contribution in [0.2, 0.25) is 5.02 Å². The molecule has 0 aliphatic carbocycles. The zero-order valence-electron chi connectivity index (χ0n) is 17.3. The molecule has 32 heavy (non-hydrogen) atoms. The Bertz CT molecular complexity index is 1180. The van der Waals surface area contributed by atoms with E-state index in [4.69, 9.17) is 21.1 Å². The Morgan fingerprint density at radius 2 is 1.69 bits per heavy atom. The van der Waals surface area contributed by atoms with E-state index in [-0.39, 0.29) is 22.7 Å². The Kier molecular flexibility index (Phi) is 6.02. The highest BCUT2D eigenvalue weighted by molar-refractivity contribution is 6.31. The molecule has 4 nitrogen and oxygen atoms in total. The lowest BCUT2D eigenvalue weighted by Crippen LogP contribution is -2.41. The molecule has 166 valence electrons. The lowest BCUT2D eigenvalue weighted by Gasteiger charge is -2.38. The van der Waals surface area contributed by atoms with Gasteiger partial charge >= 0.3 is 0 Å². The highest BCUT2D eigenvalue weighted by atomic mass is 35.5. The lowest BCUT2D eigenvalue weighted by atomic mass is 9.86. The van der Waals surface area contributed by atoms with Gasteiger partial charge in [0.2, 0.25) is 0 Å². The fourth-order valence-corrected chi connectivity index (χ4v) is 4.31. The zero-order valence-corrected chi connectivity index (χ0v) is 18.1. The predicted molar refractivity (Wildman–Crippen MR) is 114 cm³/mol. The summed E-state index contributed by atoms with van der Waals surface area (Å²) in [7, 11) is 2.99. The SMILES string of the molecule is COc1cc2c(cc1OC)C(c1c(F)cccc1Cl)N(C(=O)c1ccc(F)c(F)c1)CC2. The number of rotatable bonds is 4. The molecule has 1 heterocycles. The van der Waals surface area contributed by atoms with E-state index >= 15 is 4.39 Å². The standard InChI is InChI=1S/C24H19ClF3NO3/c1-31-20-11-13-8-9-29(24(30)14-6-7-17(26)19(28)10-14)23(15(13)12-21(20)32-2)22-16(25)4-3-5-18(22)27/h3-7,10-12,23H,8-9H2,1-2H3. The number of halogens is 4. The summed E-state index contributed by atoms with van der Waals surface area (Å²) < 4.78 is 53.0. The summed E-state index contributed by atoms with van der Waals surface area (Å²) >= 11 is 6.38. The third-order valence-corrected chi connectivity index (χ3v) is 5.90. The number of hydrogen-bond donors (Lipinski definition) is 0. The molecular weight excluding hydrogens is 443 g/mol. The summed E-state index contributed by atoms with van der Waals surface area (Å²) in [6.07, 6.45) is 0.438. The number of fused-ring (bicyclic) bond motifs is 1. The maximum Gasteiger partial charge on any atom is 0.254 e. The van der Waals surface area contributed by atoms with E-state index in [1.54, 1.807) is 12.1 Å². The summed E-state index contributed by atoms with van der Waals surface area (Å²) in [4.78, 5) is 14.8. The third-order valence-electron chi connectivity index (χ3n) is 5.57. The number of amides is 1. The van der Waals surface area contributed by atoms with Crippen molar-refractivity contribution in [1.82, 2.24) is 4.90 Å². The number of ether oxygens (including phenoxy) is 2. The van der Waals surface area contributed by atoms with Gasteiger partial charge in [0, 0.05) is 22.7 Å². The van der Waals surface area contributed by atoms with Gasteiger partial charge in [-0.2, -0.15) is 0 Å². The van der Waals surface area contributed by atoms with Crippen molar-refractivity contribution in [2.75, 3.05) is 20.8 Å². The molecule has 0 bridgehead atoms. The molecule has 1 amide bonds. The first-order valence-corrected chi connectivity index (χ1v) is 10.2. The highest BCUT2D eigenvalue weighted by Crippen LogP contribution is 2.44. The van der Waals surface area contributed by atoms with Crippen LogP contribution in [0.4, 0.5) is 13.2 Å². The minimum absolute atomic E-state index is 0.0507. The van der Waals surface area contributed by atoms with Crippen molar-refractivity contribution in [3.63, 3.8) is 0 Å². The van der Waals surface area contributed by atoms with E-state index < -0.39 is 29.4 Å². The number of carbonyl (C=O) groups excluding carboxylic acids is 1. The minimum atomic E-state index is -1.14. The number of methoxy groups -OCH3 is 2. The van der Waals surface area contributed by atoms with Crippen molar-refractivity contribution in [3.05, 3.63) is 93.3 Å². The molecule has 1 aliphatic heterocycles. The minimum Gasteiger partial charge on any atom is -0.493 e. The van der Waals surface area contributed by atoms with Crippen LogP contribution in [0.1, 0.15) is 33.1 Å². The summed E-state index contributed by atoms with van der Waals surface area (Å²) in [6.45, 7) is 0.204. The van der Waals surface area contributed by atoms with E-state index in [2.05, 4.69) is 0 Å². The molecule has 1 aliphatic rings. The average molecular weight is 462 g/mol. The predicted octanol–water partition coefficient (Wildman–Crippen LogP) is 5.56. The molecule has 1 atom stereocenters. The second kappa shape index (κ2) is 8.74. The van der Waals surface area contributed by atoms with Crippen molar-refractivity contribution in [1.29, 1.82) is 0 Å². The van der Waals surface area contributed by atoms with Crippen LogP contribution in [0.25, 0.3) is 0 Å². The van der Waals surface area contributed by atoms with Crippen molar-refractivity contribution >= 4 is 17.5 Å². The Morgan fingerprint density at radius 3 is 2.34 bits per heavy atom. The number of carbonyl (C=O) groups is 1. The van der Waals surface area contributed by atoms with Gasteiger partial charge in [0.25, 0.3) is 5.91 Å². The molecule has 0 saturated carbocycles. The average Bonchev–Trinajstić information content (AvgIpc) is 2.79. The molecule has 0 radical (unpaired) electrons. The van der Waals surface area contributed by atoms with Crippen molar-refractivity contribution < 1.29 is 27.4 Å². The van der Waals surface area contributed by atoms with Crippen LogP contribution in [-0.2, 0) is 6.42 Å². The first-order valence-electron chi connectivity index (χ1n) is 9.80. The highest BCUT2D eigenvalue weighted by Gasteiger charge is 2.36. The first kappa shape index (κ1) is 22.0. The second-order valence-electron chi connectivity index (χ2n) is 7.32. The number of nitrogens with zero attached hydrogens (tertiary/aromatic N) is 1. The van der Waals surface area contributed by atoms with Gasteiger partial charge in [0.05, 0.1) is 20.3 Å². The Hall–Kier alpha value is -3.19. The van der Waals surface area contributed by atoms with Gasteiger partial charge in [0.1, 0.15) is 5.82 Å². The maximum atomic E-state index is 15.0. The fraction of sp³-hybridized carbons (Fsp3) is 0.208. The van der Waals surface area contributed by atoms with Crippen LogP contribution < -0.4 is 9.47 Å². The van der Waals surface area contributed by atoms with E-state index in [9.17, 15) is 13.6 Å². The molecule has 3 aromatic rings. The summed E-state index contributed by atoms with van der Waals surface area (Å²) in [5.74, 6) is -2.45. The maximum absolute atomic E-state index is 15.0. The topological polar surface area (TPSA) is 38.8 Å². The van der Waals surface area contributed by atoms with Crippen molar-refractivity contribution in [3.8, 4) is 11.5 Å². The molecular formula is C24H19ClF3NO3. The van der Waals surface area contributed by atoms with Crippen LogP contribution in [0.15, 0.2) is 48.5 Å². The Balaban J connectivity index is 1.91. The molecule has 0 fully saturated rings. The van der Waals surface area contributed by atoms with Crippen molar-refractivity contribution in [2.45, 2.75) is 12.5 Å². The van der Waals surface area contributed by atoms with E-state index in [1.807, 2.05) is 0 Å². The van der Waals surface area contributed by atoms with Gasteiger partial charge in [-0.05, 0) is 60.0 Å². The van der Waals surface area contributed by atoms with Crippen LogP contribution in [0.3, 0.4) is 0 Å². The Labute approximate surface area is 188 Å². The van der Waals surface area contributed by atoms with Crippen LogP contribution >= 0.6 is 11.6 Å². The Morgan fingerprint density at radius 1 is 0.969 bits per heavy atom. The smallest absolute Gasteiger partial charge is 0.254 e. The largest absolute Gasteiger partial charge is 0.493 e. The van der Waals surface area contributed by atoms with E-state index in [0.717, 1.165) is 17.7 Å². The van der Waals surface area contributed by atoms with Crippen LogP contribution in [0.5, 0.6) is 11.5 Å². The lowest BCUT2D eigenvalue weighted by molar-refractivity contribution is 0.0691. The molecule has 0 spiro atoms. The van der Waals surface area contributed by atoms with Crippen LogP contribution in [-0.4, -0.2) is 31.6 Å². The molecule has 0 aromatic heterocycles. The van der Waals surface area contributed by atoms with Gasteiger partial charge in [-0.3, -0.25) is 4.79 Å². The van der Waals surface area contributed by atoms with Gasteiger partial charge in [-0.15, -0.1) is 0 Å². The first-order chi connectivity index (χ1) is 15.3. The van der Waals surface area contributed by atoms with Crippen molar-refractivity contribution in [2.24, 2.45) is 0 Å². The van der Waals surface area contributed by atoms with Gasteiger partial charge < -0.3 is 14.4 Å².